The van der Waals surface area contributed by atoms with E-state index in [4.69, 9.17) is 4.74 Å². The van der Waals surface area contributed by atoms with Gasteiger partial charge in [-0.2, -0.15) is 0 Å². The number of halogens is 1. The normalized spacial score (nSPS) is 28.6. The molecule has 1 aromatic carbocycles. The predicted molar refractivity (Wildman–Crippen MR) is 71.1 cm³/mol. The summed E-state index contributed by atoms with van der Waals surface area (Å²) in [6, 6.07) is 4.27. The van der Waals surface area contributed by atoms with Gasteiger partial charge in [0.25, 0.3) is 5.91 Å². The minimum absolute atomic E-state index is 0.0697. The van der Waals surface area contributed by atoms with Crippen LogP contribution in [-0.4, -0.2) is 42.2 Å². The van der Waals surface area contributed by atoms with Crippen LogP contribution in [0.2, 0.25) is 0 Å². The summed E-state index contributed by atoms with van der Waals surface area (Å²) in [5, 5.41) is 9.86. The summed E-state index contributed by atoms with van der Waals surface area (Å²) in [6.07, 6.45) is 1.44. The molecule has 1 heterocycles. The zero-order valence-corrected chi connectivity index (χ0v) is 11.4. The third-order valence-electron chi connectivity index (χ3n) is 4.51. The molecule has 20 heavy (non-hydrogen) atoms. The average Bonchev–Trinajstić information content (AvgIpc) is 3.00. The molecule has 1 saturated carbocycles. The topological polar surface area (TPSA) is 49.8 Å². The van der Waals surface area contributed by atoms with Gasteiger partial charge in [-0.1, -0.05) is 0 Å². The van der Waals surface area contributed by atoms with Crippen LogP contribution in [0.15, 0.2) is 18.2 Å². The Morgan fingerprint density at radius 3 is 2.85 bits per heavy atom. The van der Waals surface area contributed by atoms with Crippen molar-refractivity contribution < 1.29 is 19.0 Å². The van der Waals surface area contributed by atoms with E-state index in [1.165, 1.54) is 19.2 Å². The molecular formula is C15H18FNO3. The van der Waals surface area contributed by atoms with E-state index < -0.39 is 5.82 Å². The third kappa shape index (κ3) is 2.16. The summed E-state index contributed by atoms with van der Waals surface area (Å²) in [5.74, 6) is 0.0435. The summed E-state index contributed by atoms with van der Waals surface area (Å²) < 4.78 is 18.9. The Balaban J connectivity index is 1.77. The van der Waals surface area contributed by atoms with Gasteiger partial charge in [-0.25, -0.2) is 4.39 Å². The first-order valence-corrected chi connectivity index (χ1v) is 6.91. The van der Waals surface area contributed by atoms with E-state index >= 15 is 0 Å². The molecule has 1 amide bonds. The maximum Gasteiger partial charge on any atom is 0.256 e. The molecule has 108 valence electrons. The third-order valence-corrected chi connectivity index (χ3v) is 4.51. The fourth-order valence-corrected chi connectivity index (χ4v) is 3.37. The van der Waals surface area contributed by atoms with E-state index in [1.807, 2.05) is 0 Å². The molecule has 1 N–H and O–H groups in total. The van der Waals surface area contributed by atoms with Gasteiger partial charge in [0, 0.05) is 25.1 Å². The van der Waals surface area contributed by atoms with E-state index in [9.17, 15) is 14.3 Å². The van der Waals surface area contributed by atoms with Crippen molar-refractivity contribution in [3.63, 3.8) is 0 Å². The molecule has 0 radical (unpaired) electrons. The van der Waals surface area contributed by atoms with Gasteiger partial charge < -0.3 is 14.7 Å². The lowest BCUT2D eigenvalue weighted by Gasteiger charge is -2.19. The van der Waals surface area contributed by atoms with Crippen LogP contribution in [0.25, 0.3) is 0 Å². The largest absolute Gasteiger partial charge is 0.497 e. The molecule has 1 aliphatic heterocycles. The number of carbonyl (C=O) groups is 1. The number of benzene rings is 1. The molecule has 5 heteroatoms. The lowest BCUT2D eigenvalue weighted by Crippen LogP contribution is -2.31. The van der Waals surface area contributed by atoms with Crippen molar-refractivity contribution in [1.82, 2.24) is 4.90 Å². The number of methoxy groups -OCH3 is 1. The van der Waals surface area contributed by atoms with Crippen molar-refractivity contribution in [1.29, 1.82) is 0 Å². The highest BCUT2D eigenvalue weighted by atomic mass is 19.1. The molecule has 3 unspecified atom stereocenters. The molecule has 3 atom stereocenters. The summed E-state index contributed by atoms with van der Waals surface area (Å²) in [7, 11) is 1.46. The fraction of sp³-hybridized carbons (Fsp3) is 0.533. The second kappa shape index (κ2) is 5.05. The highest BCUT2D eigenvalue weighted by molar-refractivity contribution is 5.94. The van der Waals surface area contributed by atoms with Crippen molar-refractivity contribution in [3.8, 4) is 5.75 Å². The molecule has 0 spiro atoms. The van der Waals surface area contributed by atoms with Crippen LogP contribution < -0.4 is 4.74 Å². The van der Waals surface area contributed by atoms with Crippen molar-refractivity contribution in [3.05, 3.63) is 29.6 Å². The van der Waals surface area contributed by atoms with E-state index in [1.54, 1.807) is 11.0 Å². The number of aliphatic hydroxyl groups excluding tert-OH is 1. The second-order valence-electron chi connectivity index (χ2n) is 5.62. The van der Waals surface area contributed by atoms with Gasteiger partial charge in [-0.05, 0) is 30.9 Å². The van der Waals surface area contributed by atoms with Gasteiger partial charge in [0.2, 0.25) is 0 Å². The Morgan fingerprint density at radius 1 is 1.40 bits per heavy atom. The number of aliphatic hydroxyl groups is 1. The molecule has 4 nitrogen and oxygen atoms in total. The zero-order valence-electron chi connectivity index (χ0n) is 11.4. The minimum Gasteiger partial charge on any atom is -0.497 e. The Bertz CT molecular complexity index is 534. The van der Waals surface area contributed by atoms with Gasteiger partial charge in [0.05, 0.1) is 18.8 Å². The van der Waals surface area contributed by atoms with Crippen molar-refractivity contribution in [2.45, 2.75) is 18.9 Å². The Kier molecular flexibility index (Phi) is 3.38. The van der Waals surface area contributed by atoms with Crippen molar-refractivity contribution >= 4 is 5.91 Å². The van der Waals surface area contributed by atoms with Crippen LogP contribution in [0.3, 0.4) is 0 Å². The van der Waals surface area contributed by atoms with Gasteiger partial charge in [-0.15, -0.1) is 0 Å². The van der Waals surface area contributed by atoms with Crippen molar-refractivity contribution in [2.24, 2.45) is 11.8 Å². The van der Waals surface area contributed by atoms with E-state index in [0.29, 0.717) is 24.8 Å². The number of carbonyl (C=O) groups excluding carboxylic acids is 1. The summed E-state index contributed by atoms with van der Waals surface area (Å²) >= 11 is 0. The zero-order chi connectivity index (χ0) is 14.3. The molecule has 1 aliphatic carbocycles. The highest BCUT2D eigenvalue weighted by Crippen LogP contribution is 2.38. The second-order valence-corrected chi connectivity index (χ2v) is 5.62. The lowest BCUT2D eigenvalue weighted by atomic mass is 10.00. The molecule has 2 fully saturated rings. The Hall–Kier alpha value is -1.62. The number of hydrogen-bond acceptors (Lipinski definition) is 3. The quantitative estimate of drug-likeness (QED) is 0.896. The molecule has 3 rings (SSSR count). The van der Waals surface area contributed by atoms with E-state index in [-0.39, 0.29) is 23.5 Å². The summed E-state index contributed by atoms with van der Waals surface area (Å²) in [4.78, 5) is 14.0. The standard InChI is InChI=1S/C15H18FNO3/c1-20-10-3-4-11(13(16)6-10)15(19)17-7-9-2-5-14(18)12(9)8-17/h3-4,6,9,12,14,18H,2,5,7-8H2,1H3. The molecule has 1 aromatic rings. The first kappa shape index (κ1) is 13.4. The first-order valence-electron chi connectivity index (χ1n) is 6.91. The van der Waals surface area contributed by atoms with Crippen LogP contribution >= 0.6 is 0 Å². The monoisotopic (exact) mass is 279 g/mol. The number of amides is 1. The van der Waals surface area contributed by atoms with Crippen LogP contribution in [0, 0.1) is 17.7 Å². The number of ether oxygens (including phenoxy) is 1. The molecule has 1 saturated heterocycles. The number of likely N-dealkylation sites (tertiary alicyclic amines) is 1. The predicted octanol–water partition coefficient (Wildman–Crippen LogP) is 1.68. The number of nitrogens with zero attached hydrogens (tertiary/aromatic N) is 1. The fourth-order valence-electron chi connectivity index (χ4n) is 3.37. The van der Waals surface area contributed by atoms with Crippen LogP contribution in [0.4, 0.5) is 4.39 Å². The number of fused-ring (bicyclic) bond motifs is 1. The number of rotatable bonds is 2. The van der Waals surface area contributed by atoms with Gasteiger partial charge >= 0.3 is 0 Å². The van der Waals surface area contributed by atoms with Crippen molar-refractivity contribution in [2.75, 3.05) is 20.2 Å². The van der Waals surface area contributed by atoms with Gasteiger partial charge in [-0.3, -0.25) is 4.79 Å². The van der Waals surface area contributed by atoms with Gasteiger partial charge in [0.1, 0.15) is 11.6 Å². The minimum atomic E-state index is -0.563. The maximum atomic E-state index is 13.9. The van der Waals surface area contributed by atoms with E-state index in [0.717, 1.165) is 12.8 Å². The SMILES string of the molecule is COc1ccc(C(=O)N2CC3CCC(O)C3C2)c(F)c1. The smallest absolute Gasteiger partial charge is 0.256 e. The average molecular weight is 279 g/mol. The summed E-state index contributed by atoms with van der Waals surface area (Å²) in [6.45, 7) is 1.14. The first-order chi connectivity index (χ1) is 9.60. The van der Waals surface area contributed by atoms with Gasteiger partial charge in [0.15, 0.2) is 0 Å². The van der Waals surface area contributed by atoms with Crippen LogP contribution in [0.5, 0.6) is 5.75 Å². The lowest BCUT2D eigenvalue weighted by molar-refractivity contribution is 0.0748. The molecular weight excluding hydrogens is 261 g/mol. The Labute approximate surface area is 117 Å². The van der Waals surface area contributed by atoms with Crippen LogP contribution in [0.1, 0.15) is 23.2 Å². The Morgan fingerprint density at radius 2 is 2.20 bits per heavy atom. The maximum absolute atomic E-state index is 13.9. The van der Waals surface area contributed by atoms with E-state index in [2.05, 4.69) is 0 Å². The number of hydrogen-bond donors (Lipinski definition) is 1. The summed E-state index contributed by atoms with van der Waals surface area (Å²) in [5.41, 5.74) is 0.0697. The highest BCUT2D eigenvalue weighted by Gasteiger charge is 2.43. The molecule has 0 aromatic heterocycles. The molecule has 0 bridgehead atoms. The molecule has 2 aliphatic rings. The van der Waals surface area contributed by atoms with Crippen LogP contribution in [-0.2, 0) is 0 Å².